The van der Waals surface area contributed by atoms with Gasteiger partial charge in [-0.3, -0.25) is 4.99 Å². The zero-order chi connectivity index (χ0) is 20.1. The second kappa shape index (κ2) is 11.3. The first kappa shape index (κ1) is 24.1. The molecule has 2 unspecified atom stereocenters. The fraction of sp³-hybridized carbons (Fsp3) is 0.421. The van der Waals surface area contributed by atoms with E-state index in [1.807, 2.05) is 6.92 Å². The maximum Gasteiger partial charge on any atom is 0.191 e. The number of hydrogen-bond donors (Lipinski definition) is 3. The van der Waals surface area contributed by atoms with Crippen LogP contribution in [0.25, 0.3) is 0 Å². The minimum atomic E-state index is -0.736. The number of aliphatic imine (C=N–C) groups is 1. The largest absolute Gasteiger partial charge is 0.386 e. The first-order valence-corrected chi connectivity index (χ1v) is 10.3. The van der Waals surface area contributed by atoms with Gasteiger partial charge in [0.05, 0.1) is 10.9 Å². The molecule has 0 radical (unpaired) electrons. The van der Waals surface area contributed by atoms with Gasteiger partial charge in [0.25, 0.3) is 0 Å². The molecule has 29 heavy (non-hydrogen) atoms. The zero-order valence-corrected chi connectivity index (χ0v) is 19.8. The highest BCUT2D eigenvalue weighted by atomic mass is 127. The summed E-state index contributed by atoms with van der Waals surface area (Å²) in [7, 11) is 0. The van der Waals surface area contributed by atoms with Crippen molar-refractivity contribution in [3.8, 4) is 0 Å². The van der Waals surface area contributed by atoms with E-state index in [9.17, 15) is 13.9 Å². The summed E-state index contributed by atoms with van der Waals surface area (Å²) in [6.07, 6.45) is -0.0121. The molecule has 0 saturated carbocycles. The summed E-state index contributed by atoms with van der Waals surface area (Å²) in [5.74, 6) is -0.553. The third-order valence-corrected chi connectivity index (χ3v) is 5.80. The van der Waals surface area contributed by atoms with Gasteiger partial charge in [-0.2, -0.15) is 0 Å². The van der Waals surface area contributed by atoms with E-state index in [1.165, 1.54) is 29.5 Å². The zero-order valence-electron chi connectivity index (χ0n) is 15.9. The molecule has 2 atom stereocenters. The van der Waals surface area contributed by atoms with Crippen LogP contribution in [-0.2, 0) is 0 Å². The van der Waals surface area contributed by atoms with Gasteiger partial charge >= 0.3 is 0 Å². The average molecular weight is 557 g/mol. The van der Waals surface area contributed by atoms with Gasteiger partial charge in [-0.1, -0.05) is 17.7 Å². The maximum absolute atomic E-state index is 14.0. The van der Waals surface area contributed by atoms with Crippen molar-refractivity contribution >= 4 is 58.6 Å². The van der Waals surface area contributed by atoms with Crippen molar-refractivity contribution in [3.05, 3.63) is 51.2 Å². The Bertz CT molecular complexity index is 818. The van der Waals surface area contributed by atoms with Crippen molar-refractivity contribution in [3.63, 3.8) is 0 Å². The number of benzene rings is 1. The highest BCUT2D eigenvalue weighted by molar-refractivity contribution is 14.0. The summed E-state index contributed by atoms with van der Waals surface area (Å²) in [6, 6.07) is 7.41. The van der Waals surface area contributed by atoms with Crippen molar-refractivity contribution < 1.29 is 13.9 Å². The number of halogens is 4. The molecule has 1 aromatic heterocycles. The molecule has 0 aliphatic carbocycles. The van der Waals surface area contributed by atoms with Crippen molar-refractivity contribution in [2.75, 3.05) is 31.1 Å². The summed E-state index contributed by atoms with van der Waals surface area (Å²) in [5.41, 5.74) is 0.0127. The standard InChI is InChI=1S/C19H23ClF2N4OS.HI/c1-2-23-19(24-10-15(27)16-6-7-17(20)28-16)25-12-8-9-26(11-12)18-13(21)4-3-5-14(18)22;/h3-7,12,15,27H,2,8-11H2,1H3,(H2,23,24,25);1H. The van der Waals surface area contributed by atoms with E-state index in [2.05, 4.69) is 15.6 Å². The van der Waals surface area contributed by atoms with Gasteiger partial charge in [-0.25, -0.2) is 8.78 Å². The Balaban J connectivity index is 0.00000300. The fourth-order valence-electron chi connectivity index (χ4n) is 3.16. The van der Waals surface area contributed by atoms with Crippen molar-refractivity contribution in [2.45, 2.75) is 25.5 Å². The molecule has 10 heteroatoms. The molecule has 3 rings (SSSR count). The van der Waals surface area contributed by atoms with Crippen LogP contribution in [0.3, 0.4) is 0 Å². The first-order chi connectivity index (χ1) is 13.5. The molecule has 1 aliphatic rings. The van der Waals surface area contributed by atoms with E-state index in [4.69, 9.17) is 11.6 Å². The number of rotatable bonds is 6. The second-order valence-corrected chi connectivity index (χ2v) is 8.27. The average Bonchev–Trinajstić information content (AvgIpc) is 3.29. The lowest BCUT2D eigenvalue weighted by atomic mass is 10.2. The van der Waals surface area contributed by atoms with Crippen LogP contribution < -0.4 is 15.5 Å². The predicted octanol–water partition coefficient (Wildman–Crippen LogP) is 4.17. The third kappa shape index (κ3) is 6.40. The molecule has 1 saturated heterocycles. The quantitative estimate of drug-likeness (QED) is 0.284. The number of nitrogens with one attached hydrogen (secondary N) is 2. The Morgan fingerprint density at radius 3 is 2.69 bits per heavy atom. The predicted molar refractivity (Wildman–Crippen MR) is 126 cm³/mol. The van der Waals surface area contributed by atoms with Crippen LogP contribution in [0.2, 0.25) is 4.34 Å². The number of aliphatic hydroxyl groups is 1. The smallest absolute Gasteiger partial charge is 0.191 e. The van der Waals surface area contributed by atoms with E-state index in [0.29, 0.717) is 29.9 Å². The van der Waals surface area contributed by atoms with Crippen molar-refractivity contribution in [1.29, 1.82) is 0 Å². The highest BCUT2D eigenvalue weighted by Gasteiger charge is 2.27. The van der Waals surface area contributed by atoms with Crippen LogP contribution in [-0.4, -0.2) is 43.3 Å². The number of para-hydroxylation sites is 1. The molecule has 5 nitrogen and oxygen atoms in total. The van der Waals surface area contributed by atoms with Crippen LogP contribution in [0.15, 0.2) is 35.3 Å². The van der Waals surface area contributed by atoms with Crippen LogP contribution in [0.1, 0.15) is 24.3 Å². The second-order valence-electron chi connectivity index (χ2n) is 6.52. The summed E-state index contributed by atoms with van der Waals surface area (Å²) < 4.78 is 28.6. The molecule has 2 aromatic rings. The highest BCUT2D eigenvalue weighted by Crippen LogP contribution is 2.28. The topological polar surface area (TPSA) is 59.9 Å². The van der Waals surface area contributed by atoms with Crippen molar-refractivity contribution in [2.24, 2.45) is 4.99 Å². The molecule has 0 bridgehead atoms. The molecule has 0 amide bonds. The molecule has 1 aliphatic heterocycles. The summed E-state index contributed by atoms with van der Waals surface area (Å²) in [6.45, 7) is 3.80. The number of anilines is 1. The maximum atomic E-state index is 14.0. The van der Waals surface area contributed by atoms with Gasteiger partial charge in [0.15, 0.2) is 5.96 Å². The van der Waals surface area contributed by atoms with E-state index >= 15 is 0 Å². The normalized spacial score (nSPS) is 17.8. The van der Waals surface area contributed by atoms with Gasteiger partial charge in [-0.15, -0.1) is 35.3 Å². The van der Waals surface area contributed by atoms with Gasteiger partial charge in [-0.05, 0) is 37.6 Å². The summed E-state index contributed by atoms with van der Waals surface area (Å²) in [5, 5.41) is 16.7. The Morgan fingerprint density at radius 2 is 2.07 bits per heavy atom. The van der Waals surface area contributed by atoms with Crippen molar-refractivity contribution in [1.82, 2.24) is 10.6 Å². The number of hydrogen-bond acceptors (Lipinski definition) is 4. The number of guanidine groups is 1. The monoisotopic (exact) mass is 556 g/mol. The lowest BCUT2D eigenvalue weighted by Crippen LogP contribution is -2.45. The Kier molecular flexibility index (Phi) is 9.38. The third-order valence-electron chi connectivity index (χ3n) is 4.47. The van der Waals surface area contributed by atoms with E-state index in [0.717, 1.165) is 11.3 Å². The van der Waals surface area contributed by atoms with E-state index < -0.39 is 17.7 Å². The molecule has 2 heterocycles. The molecule has 0 spiro atoms. The molecule has 3 N–H and O–H groups in total. The van der Waals surface area contributed by atoms with Crippen LogP contribution in [0.4, 0.5) is 14.5 Å². The van der Waals surface area contributed by atoms with E-state index in [1.54, 1.807) is 17.0 Å². The molecular weight excluding hydrogens is 533 g/mol. The van der Waals surface area contributed by atoms with Gasteiger partial charge < -0.3 is 20.6 Å². The van der Waals surface area contributed by atoms with Crippen LogP contribution in [0, 0.1) is 11.6 Å². The van der Waals surface area contributed by atoms with Gasteiger partial charge in [0.1, 0.15) is 23.4 Å². The SMILES string of the molecule is CCNC(=NCC(O)c1ccc(Cl)s1)NC1CCN(c2c(F)cccc2F)C1.I. The first-order valence-electron chi connectivity index (χ1n) is 9.15. The number of nitrogens with zero attached hydrogens (tertiary/aromatic N) is 2. The van der Waals surface area contributed by atoms with E-state index in [-0.39, 0.29) is 42.3 Å². The Hall–Kier alpha value is -1.17. The lowest BCUT2D eigenvalue weighted by molar-refractivity contribution is 0.191. The minimum absolute atomic E-state index is 0. The fourth-order valence-corrected chi connectivity index (χ4v) is 4.20. The number of aliphatic hydroxyl groups excluding tert-OH is 1. The molecular formula is C19H24ClF2IN4OS. The van der Waals surface area contributed by atoms with Gasteiger partial charge in [0.2, 0.25) is 0 Å². The minimum Gasteiger partial charge on any atom is -0.386 e. The molecule has 1 fully saturated rings. The number of thiophene rings is 1. The van der Waals surface area contributed by atoms with Crippen LogP contribution in [0.5, 0.6) is 0 Å². The molecule has 1 aromatic carbocycles. The van der Waals surface area contributed by atoms with Crippen LogP contribution >= 0.6 is 46.9 Å². The lowest BCUT2D eigenvalue weighted by Gasteiger charge is -2.21. The molecule has 160 valence electrons. The summed E-state index contributed by atoms with van der Waals surface area (Å²) >= 11 is 7.23. The van der Waals surface area contributed by atoms with Gasteiger partial charge in [0, 0.05) is 30.6 Å². The summed E-state index contributed by atoms with van der Waals surface area (Å²) in [4.78, 5) is 6.90. The Labute approximate surface area is 195 Å². The Morgan fingerprint density at radius 1 is 1.34 bits per heavy atom.